The van der Waals surface area contributed by atoms with Gasteiger partial charge in [0.1, 0.15) is 46.2 Å². The van der Waals surface area contributed by atoms with E-state index in [4.69, 9.17) is 23.6 Å². The lowest BCUT2D eigenvalue weighted by Gasteiger charge is -2.30. The maximum Gasteiger partial charge on any atom is 0.408 e. The van der Waals surface area contributed by atoms with Gasteiger partial charge < -0.3 is 34.2 Å². The van der Waals surface area contributed by atoms with Crippen molar-refractivity contribution < 1.29 is 46.2 Å². The number of nitrogens with zero attached hydrogens (tertiary/aromatic N) is 2. The van der Waals surface area contributed by atoms with Crippen LogP contribution in [0.5, 0.6) is 11.5 Å². The molecule has 318 valence electrons. The lowest BCUT2D eigenvalue weighted by atomic mass is 10.0. The predicted molar refractivity (Wildman–Crippen MR) is 222 cm³/mol. The first kappa shape index (κ1) is 41.1. The van der Waals surface area contributed by atoms with Crippen molar-refractivity contribution in [3.8, 4) is 22.8 Å². The van der Waals surface area contributed by atoms with Gasteiger partial charge in [-0.15, -0.1) is 0 Å². The van der Waals surface area contributed by atoms with Gasteiger partial charge in [-0.3, -0.25) is 19.1 Å². The van der Waals surface area contributed by atoms with Gasteiger partial charge in [0.25, 0.3) is 5.91 Å². The first-order chi connectivity index (χ1) is 28.7. The molecule has 60 heavy (non-hydrogen) atoms. The molecule has 5 atom stereocenters. The van der Waals surface area contributed by atoms with Crippen molar-refractivity contribution in [2.75, 3.05) is 13.7 Å². The molecule has 0 unspecified atom stereocenters. The molecule has 4 amide bonds. The van der Waals surface area contributed by atoms with Gasteiger partial charge in [-0.1, -0.05) is 49.3 Å². The van der Waals surface area contributed by atoms with Gasteiger partial charge >= 0.3 is 6.09 Å². The van der Waals surface area contributed by atoms with Gasteiger partial charge in [0.2, 0.25) is 21.8 Å². The van der Waals surface area contributed by atoms with Gasteiger partial charge in [0.05, 0.1) is 24.6 Å². The number of methoxy groups -OCH3 is 1. The first-order valence-corrected chi connectivity index (χ1v) is 22.2. The fourth-order valence-electron chi connectivity index (χ4n) is 8.21. The van der Waals surface area contributed by atoms with Crippen LogP contribution in [-0.2, 0) is 29.1 Å². The van der Waals surface area contributed by atoms with Gasteiger partial charge in [0.15, 0.2) is 11.3 Å². The zero-order chi connectivity index (χ0) is 42.4. The number of pyridine rings is 1. The highest BCUT2D eigenvalue weighted by atomic mass is 32.2. The van der Waals surface area contributed by atoms with E-state index in [-0.39, 0.29) is 19.4 Å². The number of hydrogen-bond donors (Lipinski definition) is 3. The molecule has 2 aliphatic carbocycles. The van der Waals surface area contributed by atoms with E-state index in [0.717, 1.165) is 18.2 Å². The summed E-state index contributed by atoms with van der Waals surface area (Å²) in [6, 6.07) is 14.5. The van der Waals surface area contributed by atoms with E-state index in [9.17, 15) is 27.6 Å². The largest absolute Gasteiger partial charge is 0.496 e. The lowest BCUT2D eigenvalue weighted by Crippen LogP contribution is -2.58. The van der Waals surface area contributed by atoms with Crippen LogP contribution in [0.15, 0.2) is 71.2 Å². The maximum absolute atomic E-state index is 14.7. The number of sulfonamides is 1. The molecule has 3 N–H and O–H groups in total. The summed E-state index contributed by atoms with van der Waals surface area (Å²) in [4.78, 5) is 62.7. The number of alkyl carbamates (subject to hydrolysis) is 1. The number of rotatable bonds is 8. The molecule has 15 nitrogen and oxygen atoms in total. The number of carbonyl (C=O) groups excluding carboxylic acids is 4. The summed E-state index contributed by atoms with van der Waals surface area (Å²) in [6.45, 7) is 5.12. The van der Waals surface area contributed by atoms with E-state index >= 15 is 0 Å². The minimum Gasteiger partial charge on any atom is -0.496 e. The van der Waals surface area contributed by atoms with Crippen molar-refractivity contribution in [3.63, 3.8) is 0 Å². The number of furan rings is 1. The molecule has 0 spiro atoms. The van der Waals surface area contributed by atoms with E-state index in [1.54, 1.807) is 33.9 Å². The number of allylic oxidation sites excluding steroid dienone is 1. The summed E-state index contributed by atoms with van der Waals surface area (Å²) in [5.74, 6) is -1.49. The number of aromatic nitrogens is 1. The molecule has 0 radical (unpaired) electrons. The number of nitrogens with one attached hydrogen (secondary N) is 3. The van der Waals surface area contributed by atoms with Crippen molar-refractivity contribution in [2.45, 2.75) is 113 Å². The Morgan fingerprint density at radius 3 is 2.53 bits per heavy atom. The van der Waals surface area contributed by atoms with Crippen molar-refractivity contribution in [2.24, 2.45) is 5.92 Å². The summed E-state index contributed by atoms with van der Waals surface area (Å²) >= 11 is 0. The number of hydrogen-bond acceptors (Lipinski definition) is 11. The van der Waals surface area contributed by atoms with Crippen LogP contribution in [0, 0.1) is 5.92 Å². The molecule has 1 saturated heterocycles. The summed E-state index contributed by atoms with van der Waals surface area (Å²) in [7, 11) is -2.34. The van der Waals surface area contributed by atoms with Crippen LogP contribution >= 0.6 is 0 Å². The number of amides is 4. The Morgan fingerprint density at radius 2 is 1.77 bits per heavy atom. The van der Waals surface area contributed by atoms with E-state index in [0.29, 0.717) is 71.5 Å². The Balaban J connectivity index is 1.16. The van der Waals surface area contributed by atoms with Gasteiger partial charge in [-0.05, 0) is 83.6 Å². The van der Waals surface area contributed by atoms with Crippen LogP contribution in [0.25, 0.3) is 33.3 Å². The first-order valence-electron chi connectivity index (χ1n) is 20.6. The van der Waals surface area contributed by atoms with Gasteiger partial charge in [-0.2, -0.15) is 0 Å². The minimum absolute atomic E-state index is 0.00332. The van der Waals surface area contributed by atoms with E-state index in [2.05, 4.69) is 15.4 Å². The highest BCUT2D eigenvalue weighted by Gasteiger charge is 2.62. The fraction of sp³-hybridized carbons (Fsp3) is 0.477. The third-order valence-electron chi connectivity index (χ3n) is 11.5. The average molecular weight is 842 g/mol. The fourth-order valence-corrected chi connectivity index (χ4v) is 9.57. The normalized spacial score (nSPS) is 25.6. The number of ether oxygens (including phenoxy) is 3. The van der Waals surface area contributed by atoms with E-state index in [1.165, 1.54) is 4.90 Å². The van der Waals surface area contributed by atoms with Crippen molar-refractivity contribution >= 4 is 55.9 Å². The molecule has 8 rings (SSSR count). The minimum atomic E-state index is -3.92. The number of carbonyl (C=O) groups is 4. The SMILES string of the molecule is COc1ccccc1-c1cc(O[C@@H]2C[C@H]3C(=O)N[C@]4(C(=O)NS(=O)(=O)C5CC5)C[C@@H]4/C=C\CCCCC[C@H](NC(=O)OC(C)(C)C)C(=O)N3C2)c2oc3ccccc3c2n1. The van der Waals surface area contributed by atoms with E-state index < -0.39 is 74.3 Å². The Labute approximate surface area is 348 Å². The highest BCUT2D eigenvalue weighted by Crippen LogP contribution is 2.46. The van der Waals surface area contributed by atoms with Crippen molar-refractivity contribution in [1.29, 1.82) is 0 Å². The summed E-state index contributed by atoms with van der Waals surface area (Å²) < 4.78 is 52.4. The molecular formula is C44H51N5O10S. The summed E-state index contributed by atoms with van der Waals surface area (Å²) in [5.41, 5.74) is 0.411. The summed E-state index contributed by atoms with van der Waals surface area (Å²) in [6.07, 6.45) is 6.48. The van der Waals surface area contributed by atoms with Gasteiger partial charge in [0, 0.05) is 29.4 Å². The van der Waals surface area contributed by atoms with Crippen LogP contribution < -0.4 is 24.8 Å². The second-order valence-corrected chi connectivity index (χ2v) is 19.1. The number of benzene rings is 2. The molecule has 3 fully saturated rings. The monoisotopic (exact) mass is 841 g/mol. The quantitative estimate of drug-likeness (QED) is 0.179. The maximum atomic E-state index is 14.7. The molecule has 4 heterocycles. The molecule has 2 aliphatic heterocycles. The molecule has 4 aliphatic rings. The van der Waals surface area contributed by atoms with E-state index in [1.807, 2.05) is 60.7 Å². The summed E-state index contributed by atoms with van der Waals surface area (Å²) in [5, 5.41) is 5.79. The molecule has 2 aromatic carbocycles. The van der Waals surface area contributed by atoms with Gasteiger partial charge in [-0.25, -0.2) is 18.2 Å². The Morgan fingerprint density at radius 1 is 1.00 bits per heavy atom. The second kappa shape index (κ2) is 16.1. The number of fused-ring (bicyclic) bond motifs is 5. The molecule has 2 saturated carbocycles. The van der Waals surface area contributed by atoms with Crippen LogP contribution in [0.2, 0.25) is 0 Å². The molecule has 4 aromatic rings. The average Bonchev–Trinajstić information content (AvgIpc) is 4.10. The molecule has 0 bridgehead atoms. The third-order valence-corrected chi connectivity index (χ3v) is 13.3. The highest BCUT2D eigenvalue weighted by molar-refractivity contribution is 7.91. The van der Waals surface area contributed by atoms with Crippen molar-refractivity contribution in [3.05, 3.63) is 66.7 Å². The Kier molecular flexibility index (Phi) is 11.0. The van der Waals surface area contributed by atoms with Crippen LogP contribution in [0.1, 0.15) is 78.6 Å². The van der Waals surface area contributed by atoms with Crippen LogP contribution in [-0.4, -0.2) is 90.3 Å². The lowest BCUT2D eigenvalue weighted by molar-refractivity contribution is -0.141. The molecule has 16 heteroatoms. The number of para-hydroxylation sites is 2. The zero-order valence-corrected chi connectivity index (χ0v) is 35.0. The second-order valence-electron chi connectivity index (χ2n) is 17.2. The van der Waals surface area contributed by atoms with Crippen LogP contribution in [0.4, 0.5) is 4.79 Å². The predicted octanol–water partition coefficient (Wildman–Crippen LogP) is 5.90. The Hall–Kier alpha value is -5.64. The third kappa shape index (κ3) is 8.51. The topological polar surface area (TPSA) is 195 Å². The Bertz CT molecular complexity index is 2470. The van der Waals surface area contributed by atoms with Crippen LogP contribution in [0.3, 0.4) is 0 Å². The smallest absolute Gasteiger partial charge is 0.408 e. The zero-order valence-electron chi connectivity index (χ0n) is 34.2. The molecular weight excluding hydrogens is 791 g/mol. The standard InChI is InChI=1S/C44H51N5O10S/c1-43(2,3)59-42(53)46-31-17-9-7-5-6-8-14-26-24-44(26,41(52)48-60(54,55)28-20-21-28)47-39(50)33-22-27(25-49(33)40(31)51)57-36-23-32(29-15-10-12-18-34(29)56-4)45-37-30-16-11-13-19-35(30)58-38(36)37/h8,10-16,18-19,23,26-28,31,33H,5-7,9,17,20-22,24-25H2,1-4H3,(H,46,53)(H,47,50)(H,48,52)/b14-8-/t26-,27+,31-,33-,44+/m0/s1. The van der Waals surface area contributed by atoms with Crippen molar-refractivity contribution in [1.82, 2.24) is 25.2 Å². The molecule has 2 aromatic heterocycles.